The lowest BCUT2D eigenvalue weighted by Crippen LogP contribution is -2.07. The molecule has 1 aromatic carbocycles. The summed E-state index contributed by atoms with van der Waals surface area (Å²) >= 11 is 10.2. The van der Waals surface area contributed by atoms with E-state index in [4.69, 9.17) is 31.8 Å². The number of rotatable bonds is 5. The van der Waals surface area contributed by atoms with Crippen LogP contribution in [0.5, 0.6) is 11.6 Å². The van der Waals surface area contributed by atoms with Gasteiger partial charge in [-0.25, -0.2) is 15.0 Å². The molecule has 1 unspecified atom stereocenters. The highest BCUT2D eigenvalue weighted by molar-refractivity contribution is 9.10. The molecule has 3 aromatic heterocycles. The molecule has 2 N–H and O–H groups in total. The van der Waals surface area contributed by atoms with Crippen LogP contribution in [0.25, 0.3) is 16.6 Å². The molecule has 0 radical (unpaired) electrons. The molecule has 0 amide bonds. The van der Waals surface area contributed by atoms with Gasteiger partial charge in [-0.3, -0.25) is 4.40 Å². The first-order valence-electron chi connectivity index (χ1n) is 9.52. The predicted molar refractivity (Wildman–Crippen MR) is 125 cm³/mol. The number of ether oxygens (including phenoxy) is 2. The van der Waals surface area contributed by atoms with Crippen molar-refractivity contribution < 1.29 is 9.47 Å². The van der Waals surface area contributed by atoms with E-state index in [0.717, 1.165) is 39.3 Å². The van der Waals surface area contributed by atoms with Crippen LogP contribution in [0.4, 0.5) is 5.82 Å². The number of imidazole rings is 1. The molecular formula is C22H21BrClN5O2. The first kappa shape index (κ1) is 21.4. The molecule has 0 aliphatic heterocycles. The van der Waals surface area contributed by atoms with E-state index in [0.29, 0.717) is 21.3 Å². The zero-order valence-electron chi connectivity index (χ0n) is 17.5. The van der Waals surface area contributed by atoms with E-state index in [-0.39, 0.29) is 5.92 Å². The fraction of sp³-hybridized carbons (Fsp3) is 0.227. The molecule has 0 spiro atoms. The molecular weight excluding hydrogens is 482 g/mol. The molecule has 0 saturated heterocycles. The van der Waals surface area contributed by atoms with E-state index in [1.165, 1.54) is 0 Å². The smallest absolute Gasteiger partial charge is 0.212 e. The number of fused-ring (bicyclic) bond motifs is 1. The number of nitrogen functional groups attached to an aromatic ring is 1. The molecule has 0 aliphatic rings. The van der Waals surface area contributed by atoms with E-state index in [9.17, 15) is 0 Å². The maximum absolute atomic E-state index is 6.67. The van der Waals surface area contributed by atoms with E-state index < -0.39 is 0 Å². The van der Waals surface area contributed by atoms with Gasteiger partial charge in [-0.15, -0.1) is 0 Å². The summed E-state index contributed by atoms with van der Waals surface area (Å²) in [5.41, 5.74) is 10.4. The monoisotopic (exact) mass is 501 g/mol. The SMILES string of the molecule is COc1ccc(-c2c(C)c(Cl)cc(C(C)c3nc(Br)c4c(N)nccn34)c2OC)cn1. The van der Waals surface area contributed by atoms with Crippen molar-refractivity contribution in [1.29, 1.82) is 0 Å². The van der Waals surface area contributed by atoms with Gasteiger partial charge in [0.15, 0.2) is 5.82 Å². The van der Waals surface area contributed by atoms with Crippen molar-refractivity contribution >= 4 is 38.9 Å². The Labute approximate surface area is 193 Å². The standard InChI is InChI=1S/C22H21BrClN5O2/c1-11(22-28-20(23)18-21(25)26-7-8-29(18)22)14-9-15(24)12(2)17(19(14)31-4)13-5-6-16(30-3)27-10-13/h5-11H,1-4H3,(H2,25,26). The largest absolute Gasteiger partial charge is 0.496 e. The van der Waals surface area contributed by atoms with Gasteiger partial charge in [0.1, 0.15) is 21.7 Å². The Morgan fingerprint density at radius 3 is 2.61 bits per heavy atom. The minimum Gasteiger partial charge on any atom is -0.496 e. The second-order valence-corrected chi connectivity index (χ2v) is 8.24. The zero-order valence-corrected chi connectivity index (χ0v) is 19.8. The van der Waals surface area contributed by atoms with E-state index >= 15 is 0 Å². The van der Waals surface area contributed by atoms with Crippen LogP contribution in [0.2, 0.25) is 5.02 Å². The number of pyridine rings is 1. The highest BCUT2D eigenvalue weighted by atomic mass is 79.9. The van der Waals surface area contributed by atoms with Crippen LogP contribution in [-0.4, -0.2) is 33.6 Å². The van der Waals surface area contributed by atoms with Gasteiger partial charge in [-0.1, -0.05) is 18.5 Å². The third-order valence-electron chi connectivity index (χ3n) is 5.36. The van der Waals surface area contributed by atoms with Crippen molar-refractivity contribution in [1.82, 2.24) is 19.4 Å². The molecule has 0 fully saturated rings. The summed E-state index contributed by atoms with van der Waals surface area (Å²) in [6.07, 6.45) is 5.24. The summed E-state index contributed by atoms with van der Waals surface area (Å²) in [4.78, 5) is 13.2. The fourth-order valence-corrected chi connectivity index (χ4v) is 4.56. The van der Waals surface area contributed by atoms with Crippen LogP contribution < -0.4 is 15.2 Å². The molecule has 1 atom stereocenters. The van der Waals surface area contributed by atoms with Gasteiger partial charge in [0.25, 0.3) is 0 Å². The average Bonchev–Trinajstić information content (AvgIpc) is 3.12. The number of benzene rings is 1. The first-order chi connectivity index (χ1) is 14.9. The van der Waals surface area contributed by atoms with Crippen molar-refractivity contribution in [2.45, 2.75) is 19.8 Å². The Morgan fingerprint density at radius 1 is 1.19 bits per heavy atom. The number of aromatic nitrogens is 4. The molecule has 3 heterocycles. The maximum atomic E-state index is 6.67. The topological polar surface area (TPSA) is 87.6 Å². The average molecular weight is 503 g/mol. The Balaban J connectivity index is 1.93. The molecule has 160 valence electrons. The maximum Gasteiger partial charge on any atom is 0.212 e. The van der Waals surface area contributed by atoms with Crippen LogP contribution in [0.15, 0.2) is 41.4 Å². The summed E-state index contributed by atoms with van der Waals surface area (Å²) in [5, 5.41) is 0.634. The van der Waals surface area contributed by atoms with Crippen LogP contribution in [0, 0.1) is 6.92 Å². The summed E-state index contributed by atoms with van der Waals surface area (Å²) in [6.45, 7) is 4.02. The van der Waals surface area contributed by atoms with Crippen LogP contribution in [0.3, 0.4) is 0 Å². The van der Waals surface area contributed by atoms with Gasteiger partial charge in [-0.05, 0) is 40.5 Å². The predicted octanol–water partition coefficient (Wildman–Crippen LogP) is 5.27. The number of hydrogen-bond acceptors (Lipinski definition) is 6. The Morgan fingerprint density at radius 2 is 1.97 bits per heavy atom. The highest BCUT2D eigenvalue weighted by Crippen LogP contribution is 2.44. The lowest BCUT2D eigenvalue weighted by atomic mass is 9.91. The number of hydrogen-bond donors (Lipinski definition) is 1. The van der Waals surface area contributed by atoms with Gasteiger partial charge in [0.05, 0.1) is 14.2 Å². The molecule has 4 aromatic rings. The third-order valence-corrected chi connectivity index (χ3v) is 6.31. The van der Waals surface area contributed by atoms with Crippen LogP contribution >= 0.6 is 27.5 Å². The number of methoxy groups -OCH3 is 2. The molecule has 31 heavy (non-hydrogen) atoms. The summed E-state index contributed by atoms with van der Waals surface area (Å²) in [6, 6.07) is 5.68. The minimum atomic E-state index is -0.154. The summed E-state index contributed by atoms with van der Waals surface area (Å²) < 4.78 is 13.7. The van der Waals surface area contributed by atoms with Crippen molar-refractivity contribution in [2.75, 3.05) is 20.0 Å². The van der Waals surface area contributed by atoms with Crippen molar-refractivity contribution in [3.63, 3.8) is 0 Å². The molecule has 0 saturated carbocycles. The van der Waals surface area contributed by atoms with Crippen LogP contribution in [0.1, 0.15) is 29.8 Å². The Bertz CT molecular complexity index is 1270. The van der Waals surface area contributed by atoms with Gasteiger partial charge in [0.2, 0.25) is 5.88 Å². The van der Waals surface area contributed by atoms with E-state index in [1.807, 2.05) is 35.7 Å². The van der Waals surface area contributed by atoms with Crippen LogP contribution in [-0.2, 0) is 0 Å². The summed E-state index contributed by atoms with van der Waals surface area (Å²) in [7, 11) is 3.24. The second-order valence-electron chi connectivity index (χ2n) is 7.08. The first-order valence-corrected chi connectivity index (χ1v) is 10.7. The quantitative estimate of drug-likeness (QED) is 0.400. The number of nitrogens with two attached hydrogens (primary N) is 1. The number of anilines is 1. The molecule has 4 rings (SSSR count). The van der Waals surface area contributed by atoms with Crippen molar-refractivity contribution in [3.8, 4) is 22.8 Å². The number of nitrogens with zero attached hydrogens (tertiary/aromatic N) is 4. The lowest BCUT2D eigenvalue weighted by molar-refractivity contribution is 0.398. The second kappa shape index (κ2) is 8.36. The Hall–Kier alpha value is -2.84. The number of halogens is 2. The van der Waals surface area contributed by atoms with Gasteiger partial charge in [-0.2, -0.15) is 0 Å². The zero-order chi connectivity index (χ0) is 22.3. The van der Waals surface area contributed by atoms with Crippen molar-refractivity contribution in [3.05, 3.63) is 63.4 Å². The van der Waals surface area contributed by atoms with Gasteiger partial charge in [0, 0.05) is 52.3 Å². The third kappa shape index (κ3) is 3.59. The van der Waals surface area contributed by atoms with Crippen molar-refractivity contribution in [2.24, 2.45) is 0 Å². The fourth-order valence-electron chi connectivity index (χ4n) is 3.77. The van der Waals surface area contributed by atoms with Gasteiger partial charge >= 0.3 is 0 Å². The molecule has 9 heteroatoms. The minimum absolute atomic E-state index is 0.154. The lowest BCUT2D eigenvalue weighted by Gasteiger charge is -2.21. The summed E-state index contributed by atoms with van der Waals surface area (Å²) in [5.74, 6) is 2.29. The van der Waals surface area contributed by atoms with E-state index in [1.54, 1.807) is 26.6 Å². The van der Waals surface area contributed by atoms with Gasteiger partial charge < -0.3 is 15.2 Å². The molecule has 0 aliphatic carbocycles. The molecule has 0 bridgehead atoms. The normalized spacial score (nSPS) is 12.2. The Kier molecular flexibility index (Phi) is 5.77. The van der Waals surface area contributed by atoms with E-state index in [2.05, 4.69) is 32.8 Å². The highest BCUT2D eigenvalue weighted by Gasteiger charge is 2.25. The molecule has 7 nitrogen and oxygen atoms in total.